The predicted octanol–water partition coefficient (Wildman–Crippen LogP) is 2.00. The summed E-state index contributed by atoms with van der Waals surface area (Å²) in [5.41, 5.74) is 0.793. The van der Waals surface area contributed by atoms with Crippen LogP contribution in [0.3, 0.4) is 0 Å². The van der Waals surface area contributed by atoms with Gasteiger partial charge in [0.05, 0.1) is 23.3 Å². The highest BCUT2D eigenvalue weighted by molar-refractivity contribution is 5.98. The van der Waals surface area contributed by atoms with Gasteiger partial charge in [-0.05, 0) is 26.0 Å². The van der Waals surface area contributed by atoms with Crippen molar-refractivity contribution < 1.29 is 29.0 Å². The first-order chi connectivity index (χ1) is 10.4. The number of allylic oxidation sites excluding steroid dienone is 2. The van der Waals surface area contributed by atoms with Gasteiger partial charge < -0.3 is 24.3 Å². The molecule has 0 atom stereocenters. The maximum Gasteiger partial charge on any atom is 0.334 e. The molecule has 118 valence electrons. The number of ether oxygens (including phenoxy) is 1. The summed E-state index contributed by atoms with van der Waals surface area (Å²) < 4.78 is 10.3. The zero-order valence-corrected chi connectivity index (χ0v) is 12.5. The van der Waals surface area contributed by atoms with E-state index in [2.05, 4.69) is 0 Å². The molecular formula is C15H17NO6. The average Bonchev–Trinajstić information content (AvgIpc) is 2.95. The monoisotopic (exact) mass is 307 g/mol. The van der Waals surface area contributed by atoms with Crippen molar-refractivity contribution in [2.75, 3.05) is 13.8 Å². The zero-order valence-electron chi connectivity index (χ0n) is 12.5. The molecule has 7 heteroatoms. The first-order valence-electron chi connectivity index (χ1n) is 6.58. The van der Waals surface area contributed by atoms with Crippen molar-refractivity contribution in [3.63, 3.8) is 0 Å². The molecule has 2 N–H and O–H groups in total. The molecule has 1 aliphatic rings. The first-order valence-corrected chi connectivity index (χ1v) is 6.58. The van der Waals surface area contributed by atoms with E-state index in [4.69, 9.17) is 9.15 Å². The summed E-state index contributed by atoms with van der Waals surface area (Å²) >= 11 is 0. The Balaban J connectivity index is 2.71. The Hall–Kier alpha value is -2.54. The SMILES string of the molecule is COCN1C(C)=C(C(=O)O)C(c2ccco2)C(C(=O)O)=C1C. The van der Waals surface area contributed by atoms with E-state index in [0.29, 0.717) is 11.4 Å². The van der Waals surface area contributed by atoms with E-state index < -0.39 is 17.9 Å². The largest absolute Gasteiger partial charge is 0.478 e. The van der Waals surface area contributed by atoms with E-state index in [1.165, 1.54) is 18.3 Å². The Morgan fingerprint density at radius 2 is 1.77 bits per heavy atom. The molecule has 0 amide bonds. The molecule has 0 saturated carbocycles. The third-order valence-electron chi connectivity index (χ3n) is 3.71. The maximum absolute atomic E-state index is 11.7. The van der Waals surface area contributed by atoms with Crippen LogP contribution in [0.1, 0.15) is 25.5 Å². The van der Waals surface area contributed by atoms with Crippen LogP contribution in [0, 0.1) is 0 Å². The highest BCUT2D eigenvalue weighted by Gasteiger charge is 2.40. The predicted molar refractivity (Wildman–Crippen MR) is 75.8 cm³/mol. The van der Waals surface area contributed by atoms with E-state index >= 15 is 0 Å². The van der Waals surface area contributed by atoms with Gasteiger partial charge >= 0.3 is 11.9 Å². The molecule has 1 aromatic rings. The Morgan fingerprint density at radius 1 is 1.23 bits per heavy atom. The minimum atomic E-state index is -1.19. The van der Waals surface area contributed by atoms with Gasteiger partial charge in [0.2, 0.25) is 0 Å². The molecule has 0 aliphatic carbocycles. The standard InChI is InChI=1S/C15H17NO6/c1-8-11(14(17)18)13(10-5-4-6-22-10)12(15(19)20)9(2)16(8)7-21-3/h4-6,13H,7H2,1-3H3,(H,17,18)(H,19,20). The van der Waals surface area contributed by atoms with E-state index in [9.17, 15) is 19.8 Å². The molecule has 1 aliphatic heterocycles. The Morgan fingerprint density at radius 3 is 2.14 bits per heavy atom. The molecule has 0 aromatic carbocycles. The van der Waals surface area contributed by atoms with Crippen molar-refractivity contribution >= 4 is 11.9 Å². The molecule has 0 bridgehead atoms. The van der Waals surface area contributed by atoms with Crippen LogP contribution in [0.25, 0.3) is 0 Å². The highest BCUT2D eigenvalue weighted by Crippen LogP contribution is 2.41. The van der Waals surface area contributed by atoms with E-state index in [0.717, 1.165) is 0 Å². The number of carboxylic acids is 2. The van der Waals surface area contributed by atoms with Gasteiger partial charge in [0, 0.05) is 18.5 Å². The number of methoxy groups -OCH3 is 1. The second-order valence-electron chi connectivity index (χ2n) is 4.90. The number of carboxylic acid groups (broad SMARTS) is 2. The van der Waals surface area contributed by atoms with Crippen LogP contribution < -0.4 is 0 Å². The van der Waals surface area contributed by atoms with E-state index in [-0.39, 0.29) is 23.6 Å². The Bertz CT molecular complexity index is 618. The fourth-order valence-corrected chi connectivity index (χ4v) is 2.72. The molecule has 0 unspecified atom stereocenters. The minimum absolute atomic E-state index is 0.0324. The van der Waals surface area contributed by atoms with Crippen molar-refractivity contribution in [3.05, 3.63) is 46.7 Å². The lowest BCUT2D eigenvalue weighted by atomic mass is 9.83. The van der Waals surface area contributed by atoms with Crippen molar-refractivity contribution in [3.8, 4) is 0 Å². The van der Waals surface area contributed by atoms with Crippen LogP contribution in [-0.4, -0.2) is 40.9 Å². The summed E-state index contributed by atoms with van der Waals surface area (Å²) in [6.07, 6.45) is 1.39. The number of aliphatic carboxylic acids is 2. The Kier molecular flexibility index (Phi) is 4.37. The number of furan rings is 1. The number of nitrogens with zero attached hydrogens (tertiary/aromatic N) is 1. The summed E-state index contributed by atoms with van der Waals surface area (Å²) in [6.45, 7) is 3.32. The van der Waals surface area contributed by atoms with Gasteiger partial charge in [-0.25, -0.2) is 9.59 Å². The van der Waals surface area contributed by atoms with Crippen LogP contribution in [0.2, 0.25) is 0 Å². The number of hydrogen-bond acceptors (Lipinski definition) is 5. The summed E-state index contributed by atoms with van der Waals surface area (Å²) in [6, 6.07) is 3.17. The topological polar surface area (TPSA) is 100 Å². The van der Waals surface area contributed by atoms with Gasteiger partial charge in [-0.15, -0.1) is 0 Å². The smallest absolute Gasteiger partial charge is 0.334 e. The summed E-state index contributed by atoms with van der Waals surface area (Å²) in [5, 5.41) is 19.1. The lowest BCUT2D eigenvalue weighted by Crippen LogP contribution is -2.35. The van der Waals surface area contributed by atoms with E-state index in [1.807, 2.05) is 0 Å². The van der Waals surface area contributed by atoms with Gasteiger partial charge in [-0.2, -0.15) is 0 Å². The lowest BCUT2D eigenvalue weighted by molar-refractivity contribution is -0.134. The fourth-order valence-electron chi connectivity index (χ4n) is 2.72. The molecular weight excluding hydrogens is 290 g/mol. The van der Waals surface area contributed by atoms with Crippen molar-refractivity contribution in [1.29, 1.82) is 0 Å². The van der Waals surface area contributed by atoms with Gasteiger partial charge in [0.15, 0.2) is 0 Å². The molecule has 0 saturated heterocycles. The molecule has 1 aromatic heterocycles. The zero-order chi connectivity index (χ0) is 16.4. The van der Waals surface area contributed by atoms with Crippen molar-refractivity contribution in [1.82, 2.24) is 4.90 Å². The van der Waals surface area contributed by atoms with E-state index in [1.54, 1.807) is 26.0 Å². The van der Waals surface area contributed by atoms with Gasteiger partial charge in [0.1, 0.15) is 12.5 Å². The quantitative estimate of drug-likeness (QED) is 0.858. The van der Waals surface area contributed by atoms with Crippen molar-refractivity contribution in [2.45, 2.75) is 19.8 Å². The van der Waals surface area contributed by atoms with Crippen molar-refractivity contribution in [2.24, 2.45) is 0 Å². The summed E-state index contributed by atoms with van der Waals surface area (Å²) in [5.74, 6) is -3.05. The average molecular weight is 307 g/mol. The third-order valence-corrected chi connectivity index (χ3v) is 3.71. The molecule has 7 nitrogen and oxygen atoms in total. The van der Waals surface area contributed by atoms with Crippen LogP contribution in [-0.2, 0) is 14.3 Å². The molecule has 2 heterocycles. The lowest BCUT2D eigenvalue weighted by Gasteiger charge is -2.35. The molecule has 22 heavy (non-hydrogen) atoms. The fraction of sp³-hybridized carbons (Fsp3) is 0.333. The molecule has 0 spiro atoms. The number of hydrogen-bond donors (Lipinski definition) is 2. The normalized spacial score (nSPS) is 16.4. The summed E-state index contributed by atoms with van der Waals surface area (Å²) in [4.78, 5) is 25.0. The molecule has 0 fully saturated rings. The van der Waals surface area contributed by atoms with Crippen LogP contribution in [0.15, 0.2) is 45.4 Å². The second kappa shape index (κ2) is 6.07. The first kappa shape index (κ1) is 15.8. The molecule has 0 radical (unpaired) electrons. The van der Waals surface area contributed by atoms with Crippen LogP contribution in [0.5, 0.6) is 0 Å². The van der Waals surface area contributed by atoms with Crippen LogP contribution in [0.4, 0.5) is 0 Å². The maximum atomic E-state index is 11.7. The van der Waals surface area contributed by atoms with Gasteiger partial charge in [0.25, 0.3) is 0 Å². The molecule has 2 rings (SSSR count). The third kappa shape index (κ3) is 2.50. The summed E-state index contributed by atoms with van der Waals surface area (Å²) in [7, 11) is 1.46. The highest BCUT2D eigenvalue weighted by atomic mass is 16.5. The minimum Gasteiger partial charge on any atom is -0.478 e. The number of carbonyl (C=O) groups is 2. The Labute approximate surface area is 127 Å². The number of rotatable bonds is 5. The second-order valence-corrected chi connectivity index (χ2v) is 4.90. The van der Waals surface area contributed by atoms with Crippen LogP contribution >= 0.6 is 0 Å². The van der Waals surface area contributed by atoms with Gasteiger partial charge in [-0.3, -0.25) is 0 Å². The van der Waals surface area contributed by atoms with Gasteiger partial charge in [-0.1, -0.05) is 0 Å².